The minimum absolute atomic E-state index is 0.0723. The van der Waals surface area contributed by atoms with E-state index in [0.717, 1.165) is 18.4 Å². The maximum absolute atomic E-state index is 12.8. The van der Waals surface area contributed by atoms with E-state index in [2.05, 4.69) is 11.9 Å². The second-order valence-corrected chi connectivity index (χ2v) is 7.08. The highest BCUT2D eigenvalue weighted by atomic mass is 16.5. The van der Waals surface area contributed by atoms with E-state index in [1.54, 1.807) is 30.3 Å². The Hall–Kier alpha value is -3.09. The molecule has 2 heterocycles. The number of H-pyrrole nitrogens is 1. The maximum atomic E-state index is 12.8. The summed E-state index contributed by atoms with van der Waals surface area (Å²) in [5.41, 5.74) is 1.24. The number of carbonyl (C=O) groups is 3. The molecule has 1 aliphatic rings. The number of esters is 1. The van der Waals surface area contributed by atoms with E-state index in [1.165, 1.54) is 0 Å². The van der Waals surface area contributed by atoms with Crippen LogP contribution in [0.4, 0.5) is 0 Å². The summed E-state index contributed by atoms with van der Waals surface area (Å²) in [6.07, 6.45) is 3.51. The Morgan fingerprint density at radius 1 is 1.21 bits per heavy atom. The number of rotatable bonds is 9. The molecular weight excluding hydrogens is 372 g/mol. The molecule has 1 N–H and O–H groups in total. The molecule has 2 aromatic rings. The van der Waals surface area contributed by atoms with Crippen molar-refractivity contribution in [2.24, 2.45) is 5.92 Å². The Balaban J connectivity index is 1.77. The van der Waals surface area contributed by atoms with Crippen LogP contribution in [0.1, 0.15) is 48.3 Å². The Morgan fingerprint density at radius 3 is 2.59 bits per heavy atom. The molecule has 1 aromatic carbocycles. The van der Waals surface area contributed by atoms with Crippen LogP contribution in [0.3, 0.4) is 0 Å². The highest BCUT2D eigenvalue weighted by Crippen LogP contribution is 2.39. The number of likely N-dealkylation sites (tertiary alicyclic amines) is 1. The van der Waals surface area contributed by atoms with Gasteiger partial charge in [-0.1, -0.05) is 25.5 Å². The van der Waals surface area contributed by atoms with Gasteiger partial charge in [-0.05, 0) is 36.2 Å². The largest absolute Gasteiger partial charge is 0.497 e. The summed E-state index contributed by atoms with van der Waals surface area (Å²) in [6.45, 7) is 2.28. The molecule has 7 heteroatoms. The average molecular weight is 398 g/mol. The van der Waals surface area contributed by atoms with Gasteiger partial charge in [0.2, 0.25) is 11.7 Å². The Labute approximate surface area is 170 Å². The molecule has 2 atom stereocenters. The average Bonchev–Trinajstić information content (AvgIpc) is 3.38. The number of nitrogens with zero attached hydrogens (tertiary/aromatic N) is 1. The summed E-state index contributed by atoms with van der Waals surface area (Å²) in [4.78, 5) is 42.1. The summed E-state index contributed by atoms with van der Waals surface area (Å²) in [6, 6.07) is 10.3. The number of hydrogen-bond acceptors (Lipinski definition) is 5. The van der Waals surface area contributed by atoms with Gasteiger partial charge in [0.1, 0.15) is 5.75 Å². The second-order valence-electron chi connectivity index (χ2n) is 7.08. The lowest BCUT2D eigenvalue weighted by Gasteiger charge is -2.28. The number of hydrogen-bond donors (Lipinski definition) is 1. The van der Waals surface area contributed by atoms with Crippen molar-refractivity contribution in [2.45, 2.75) is 32.2 Å². The number of methoxy groups -OCH3 is 1. The van der Waals surface area contributed by atoms with Crippen LogP contribution in [0, 0.1) is 5.92 Å². The standard InChI is InChI=1S/C22H26N2O5/c1-3-4-12-24-20(26)13-17(21(24)15-7-9-16(28-2)10-8-15)22(27)29-14-19(25)18-6-5-11-23-18/h5-11,17,21,23H,3-4,12-14H2,1-2H3/t17-,21+/m1/s1. The highest BCUT2D eigenvalue weighted by molar-refractivity contribution is 5.97. The molecule has 1 aromatic heterocycles. The number of carbonyl (C=O) groups excluding carboxylic acids is 3. The van der Waals surface area contributed by atoms with Crippen LogP contribution in [0.2, 0.25) is 0 Å². The van der Waals surface area contributed by atoms with Crippen molar-refractivity contribution in [2.75, 3.05) is 20.3 Å². The first kappa shape index (κ1) is 20.6. The third kappa shape index (κ3) is 4.67. The lowest BCUT2D eigenvalue weighted by atomic mass is 9.93. The van der Waals surface area contributed by atoms with Gasteiger partial charge in [0, 0.05) is 19.2 Å². The Kier molecular flexibility index (Phi) is 6.69. The fourth-order valence-electron chi connectivity index (χ4n) is 3.63. The number of benzene rings is 1. The minimum atomic E-state index is -0.649. The maximum Gasteiger partial charge on any atom is 0.312 e. The molecule has 29 heavy (non-hydrogen) atoms. The van der Waals surface area contributed by atoms with Crippen LogP contribution in [0.15, 0.2) is 42.6 Å². The van der Waals surface area contributed by atoms with Crippen molar-refractivity contribution in [3.8, 4) is 5.75 Å². The van der Waals surface area contributed by atoms with Gasteiger partial charge in [-0.15, -0.1) is 0 Å². The minimum Gasteiger partial charge on any atom is -0.497 e. The van der Waals surface area contributed by atoms with Crippen LogP contribution >= 0.6 is 0 Å². The third-order valence-corrected chi connectivity index (χ3v) is 5.19. The number of amides is 1. The van der Waals surface area contributed by atoms with Crippen LogP contribution in [0.25, 0.3) is 0 Å². The van der Waals surface area contributed by atoms with Crippen molar-refractivity contribution in [3.05, 3.63) is 53.9 Å². The molecule has 1 fully saturated rings. The summed E-state index contributed by atoms with van der Waals surface area (Å²) < 4.78 is 10.5. The first-order valence-electron chi connectivity index (χ1n) is 9.81. The molecule has 0 saturated carbocycles. The molecule has 7 nitrogen and oxygen atoms in total. The number of aromatic amines is 1. The van der Waals surface area contributed by atoms with Crippen molar-refractivity contribution < 1.29 is 23.9 Å². The van der Waals surface area contributed by atoms with Crippen molar-refractivity contribution >= 4 is 17.7 Å². The van der Waals surface area contributed by atoms with Crippen molar-refractivity contribution in [3.63, 3.8) is 0 Å². The van der Waals surface area contributed by atoms with Gasteiger partial charge in [-0.3, -0.25) is 14.4 Å². The van der Waals surface area contributed by atoms with E-state index in [4.69, 9.17) is 9.47 Å². The number of ketones is 1. The van der Waals surface area contributed by atoms with Gasteiger partial charge in [0.15, 0.2) is 6.61 Å². The predicted octanol–water partition coefficient (Wildman–Crippen LogP) is 3.14. The topological polar surface area (TPSA) is 88.7 Å². The van der Waals surface area contributed by atoms with Gasteiger partial charge in [0.05, 0.1) is 24.8 Å². The third-order valence-electron chi connectivity index (χ3n) is 5.19. The summed E-state index contributed by atoms with van der Waals surface area (Å²) in [7, 11) is 1.59. The lowest BCUT2D eigenvalue weighted by Crippen LogP contribution is -2.32. The lowest BCUT2D eigenvalue weighted by molar-refractivity contribution is -0.148. The predicted molar refractivity (Wildman–Crippen MR) is 107 cm³/mol. The molecule has 1 amide bonds. The Morgan fingerprint density at radius 2 is 1.97 bits per heavy atom. The van der Waals surface area contributed by atoms with Crippen molar-refractivity contribution in [1.82, 2.24) is 9.88 Å². The van der Waals surface area contributed by atoms with Crippen molar-refractivity contribution in [1.29, 1.82) is 0 Å². The van der Waals surface area contributed by atoms with E-state index < -0.39 is 17.9 Å². The van der Waals surface area contributed by atoms with Crippen LogP contribution in [-0.2, 0) is 14.3 Å². The molecule has 0 unspecified atom stereocenters. The van der Waals surface area contributed by atoms with Crippen LogP contribution in [0.5, 0.6) is 5.75 Å². The molecular formula is C22H26N2O5. The zero-order valence-electron chi connectivity index (χ0n) is 16.7. The summed E-state index contributed by atoms with van der Waals surface area (Å²) in [5.74, 6) is -0.857. The van der Waals surface area contributed by atoms with E-state index in [1.807, 2.05) is 24.3 Å². The van der Waals surface area contributed by atoms with Gasteiger partial charge in [-0.25, -0.2) is 0 Å². The number of unbranched alkanes of at least 4 members (excludes halogenated alkanes) is 1. The van der Waals surface area contributed by atoms with E-state index >= 15 is 0 Å². The van der Waals surface area contributed by atoms with E-state index in [-0.39, 0.29) is 24.7 Å². The zero-order valence-corrected chi connectivity index (χ0v) is 16.7. The quantitative estimate of drug-likeness (QED) is 0.518. The fraction of sp³-hybridized carbons (Fsp3) is 0.409. The molecule has 154 valence electrons. The smallest absolute Gasteiger partial charge is 0.312 e. The van der Waals surface area contributed by atoms with E-state index in [0.29, 0.717) is 18.0 Å². The number of Topliss-reactive ketones (excluding diaryl/α,β-unsaturated/α-hetero) is 1. The molecule has 0 spiro atoms. The zero-order chi connectivity index (χ0) is 20.8. The molecule has 0 aliphatic carbocycles. The second kappa shape index (κ2) is 9.41. The molecule has 1 aliphatic heterocycles. The first-order chi connectivity index (χ1) is 14.0. The normalized spacial score (nSPS) is 18.7. The number of nitrogens with one attached hydrogen (secondary N) is 1. The van der Waals surface area contributed by atoms with Crippen LogP contribution in [-0.4, -0.2) is 47.8 Å². The molecule has 3 rings (SSSR count). The molecule has 0 bridgehead atoms. The summed E-state index contributed by atoms with van der Waals surface area (Å²) >= 11 is 0. The first-order valence-corrected chi connectivity index (χ1v) is 9.81. The van der Waals surface area contributed by atoms with E-state index in [9.17, 15) is 14.4 Å². The fourth-order valence-corrected chi connectivity index (χ4v) is 3.63. The number of aromatic nitrogens is 1. The van der Waals surface area contributed by atoms with Gasteiger partial charge in [0.25, 0.3) is 0 Å². The molecule has 1 saturated heterocycles. The SMILES string of the molecule is CCCCN1C(=O)C[C@@H](C(=O)OCC(=O)c2ccc[nH]2)[C@@H]1c1ccc(OC)cc1. The van der Waals surface area contributed by atoms with Gasteiger partial charge >= 0.3 is 5.97 Å². The van der Waals surface area contributed by atoms with Crippen LogP contribution < -0.4 is 4.74 Å². The number of ether oxygens (including phenoxy) is 2. The van der Waals surface area contributed by atoms with Gasteiger partial charge < -0.3 is 19.4 Å². The monoisotopic (exact) mass is 398 g/mol. The highest BCUT2D eigenvalue weighted by Gasteiger charge is 2.45. The Bertz CT molecular complexity index is 845. The summed E-state index contributed by atoms with van der Waals surface area (Å²) in [5, 5.41) is 0. The van der Waals surface area contributed by atoms with Gasteiger partial charge in [-0.2, -0.15) is 0 Å². The molecule has 0 radical (unpaired) electrons.